The topological polar surface area (TPSA) is 138 Å². The molecule has 0 radical (unpaired) electrons. The molecule has 3 unspecified atom stereocenters. The number of benzene rings is 1. The number of hydrogen-bond donors (Lipinski definition) is 3. The fourth-order valence-electron chi connectivity index (χ4n) is 7.00. The Labute approximate surface area is 303 Å². The number of hydrogen-bond acceptors (Lipinski definition) is 10. The van der Waals surface area contributed by atoms with Crippen LogP contribution in [0.2, 0.25) is 5.02 Å². The van der Waals surface area contributed by atoms with Crippen molar-refractivity contribution in [3.63, 3.8) is 0 Å². The number of allylic oxidation sites excluding steroid dienone is 2. The van der Waals surface area contributed by atoms with Gasteiger partial charge in [0.15, 0.2) is 0 Å². The molecule has 1 aromatic rings. The van der Waals surface area contributed by atoms with Crippen LogP contribution >= 0.6 is 11.6 Å². The van der Waals surface area contributed by atoms with E-state index in [1.807, 2.05) is 45.2 Å². The van der Waals surface area contributed by atoms with Crippen LogP contribution in [0.3, 0.4) is 0 Å². The Morgan fingerprint density at radius 1 is 1.22 bits per heavy atom. The molecule has 1 aromatic carbocycles. The average molecular weight is 720 g/mol. The van der Waals surface area contributed by atoms with Crippen molar-refractivity contribution in [2.75, 3.05) is 14.2 Å². The van der Waals surface area contributed by atoms with Gasteiger partial charge in [0, 0.05) is 37.4 Å². The van der Waals surface area contributed by atoms with Crippen molar-refractivity contribution < 1.29 is 43.9 Å². The molecule has 2 heterocycles. The van der Waals surface area contributed by atoms with Gasteiger partial charge in [0.05, 0.1) is 36.4 Å². The number of halogens is 1. The van der Waals surface area contributed by atoms with E-state index in [0.717, 1.165) is 12.0 Å². The van der Waals surface area contributed by atoms with Gasteiger partial charge in [-0.05, 0) is 76.4 Å². The molecule has 1 saturated heterocycles. The summed E-state index contributed by atoms with van der Waals surface area (Å²) in [5, 5.41) is 34.3. The van der Waals surface area contributed by atoms with Gasteiger partial charge in [0.25, 0.3) is 0 Å². The Morgan fingerprint density at radius 2 is 1.88 bits per heavy atom. The van der Waals surface area contributed by atoms with E-state index in [9.17, 15) is 24.9 Å². The molecule has 2 aliphatic rings. The molecule has 11 heteroatoms. The van der Waals surface area contributed by atoms with E-state index in [2.05, 4.69) is 18.7 Å². The Kier molecular flexibility index (Phi) is 15.3. The molecule has 0 bridgehead atoms. The molecule has 0 spiro atoms. The minimum atomic E-state index is -1.46. The number of aliphatic hydroxyl groups excluding tert-OH is 1. The van der Waals surface area contributed by atoms with Crippen molar-refractivity contribution in [1.82, 2.24) is 4.90 Å². The Hall–Kier alpha value is -2.57. The largest absolute Gasteiger partial charge is 0.457 e. The average Bonchev–Trinajstić information content (AvgIpc) is 3.81. The van der Waals surface area contributed by atoms with Crippen LogP contribution in [-0.2, 0) is 35.1 Å². The van der Waals surface area contributed by atoms with Gasteiger partial charge in [-0.3, -0.25) is 14.5 Å². The van der Waals surface area contributed by atoms with Gasteiger partial charge in [0.2, 0.25) is 0 Å². The molecule has 280 valence electrons. The first-order chi connectivity index (χ1) is 23.4. The van der Waals surface area contributed by atoms with E-state index in [0.29, 0.717) is 17.1 Å². The van der Waals surface area contributed by atoms with Crippen molar-refractivity contribution in [2.45, 2.75) is 135 Å². The number of esters is 2. The Balaban J connectivity index is 1.91. The third-order valence-electron chi connectivity index (χ3n) is 9.96. The van der Waals surface area contributed by atoms with Gasteiger partial charge in [-0.15, -0.1) is 0 Å². The number of cyclic esters (lactones) is 1. The maximum absolute atomic E-state index is 12.9. The van der Waals surface area contributed by atoms with E-state index in [-0.39, 0.29) is 49.4 Å². The minimum Gasteiger partial charge on any atom is -0.457 e. The normalized spacial score (nSPS) is 31.2. The summed E-state index contributed by atoms with van der Waals surface area (Å²) in [6.07, 6.45) is 6.41. The lowest BCUT2D eigenvalue weighted by atomic mass is 9.86. The second-order valence-electron chi connectivity index (χ2n) is 14.5. The highest BCUT2D eigenvalue weighted by Crippen LogP contribution is 2.41. The molecular weight excluding hydrogens is 662 g/mol. The zero-order valence-electron chi connectivity index (χ0n) is 31.0. The summed E-state index contributed by atoms with van der Waals surface area (Å²) in [6.45, 7) is 13.0. The van der Waals surface area contributed by atoms with Crippen LogP contribution in [0.15, 0.2) is 60.2 Å². The number of nitrogens with zero attached hydrogens (tertiary/aromatic N) is 1. The van der Waals surface area contributed by atoms with Gasteiger partial charge in [-0.1, -0.05) is 68.8 Å². The molecule has 0 aromatic heterocycles. The lowest BCUT2D eigenvalue weighted by Gasteiger charge is -2.37. The number of carbonyl (C=O) groups is 2. The van der Waals surface area contributed by atoms with Crippen molar-refractivity contribution in [1.29, 1.82) is 0 Å². The van der Waals surface area contributed by atoms with E-state index < -0.39 is 47.5 Å². The van der Waals surface area contributed by atoms with Gasteiger partial charge in [-0.2, -0.15) is 0 Å². The summed E-state index contributed by atoms with van der Waals surface area (Å²) >= 11 is 6.13. The highest BCUT2D eigenvalue weighted by Gasteiger charge is 2.55. The molecular formula is C39H58ClNO9. The van der Waals surface area contributed by atoms with Crippen LogP contribution in [-0.4, -0.2) is 100 Å². The van der Waals surface area contributed by atoms with Crippen molar-refractivity contribution in [3.05, 3.63) is 70.8 Å². The maximum Gasteiger partial charge on any atom is 0.309 e. The van der Waals surface area contributed by atoms with Crippen molar-refractivity contribution in [2.24, 2.45) is 11.8 Å². The first kappa shape index (κ1) is 41.8. The summed E-state index contributed by atoms with van der Waals surface area (Å²) in [5.74, 6) is -1.38. The van der Waals surface area contributed by atoms with E-state index in [4.69, 9.17) is 30.5 Å². The van der Waals surface area contributed by atoms with E-state index in [1.165, 1.54) is 6.92 Å². The highest BCUT2D eigenvalue weighted by atomic mass is 35.5. The fourth-order valence-corrected chi connectivity index (χ4v) is 7.13. The molecule has 0 saturated carbocycles. The molecule has 3 rings (SSSR count). The smallest absolute Gasteiger partial charge is 0.309 e. The fraction of sp³-hybridized carbons (Fsp3) is 0.641. The lowest BCUT2D eigenvalue weighted by Crippen LogP contribution is -2.52. The van der Waals surface area contributed by atoms with Gasteiger partial charge < -0.3 is 34.3 Å². The van der Waals surface area contributed by atoms with E-state index >= 15 is 0 Å². The van der Waals surface area contributed by atoms with Crippen LogP contribution < -0.4 is 0 Å². The SMILES string of the molecule is CC[C@H](OC)[C@@H](C)[C@H]1O[C@@H]1C(N(C)Cc1ccc(Cl)cc1)C(C)(O)C=CC=C(C)C1OC(=O)C[C@H](O)CC[C@@](C)(O)[C@@H](OC(C)=O)C=C[C@@H]1C. The Bertz CT molecular complexity index is 1350. The van der Waals surface area contributed by atoms with Crippen LogP contribution in [0.1, 0.15) is 79.7 Å². The molecule has 11 atom stereocenters. The molecule has 1 fully saturated rings. The van der Waals surface area contributed by atoms with Gasteiger partial charge >= 0.3 is 11.9 Å². The molecule has 2 aliphatic heterocycles. The molecule has 3 N–H and O–H groups in total. The zero-order chi connectivity index (χ0) is 37.4. The molecule has 50 heavy (non-hydrogen) atoms. The second-order valence-corrected chi connectivity index (χ2v) is 15.0. The summed E-state index contributed by atoms with van der Waals surface area (Å²) < 4.78 is 23.3. The minimum absolute atomic E-state index is 0.0273. The molecule has 0 aliphatic carbocycles. The summed E-state index contributed by atoms with van der Waals surface area (Å²) in [6, 6.07) is 7.21. The van der Waals surface area contributed by atoms with Crippen LogP contribution in [0, 0.1) is 11.8 Å². The number of carbonyl (C=O) groups excluding carboxylic acids is 2. The van der Waals surface area contributed by atoms with Gasteiger partial charge in [0.1, 0.15) is 23.9 Å². The summed E-state index contributed by atoms with van der Waals surface area (Å²) in [7, 11) is 3.67. The first-order valence-corrected chi connectivity index (χ1v) is 17.9. The number of ether oxygens (including phenoxy) is 4. The number of rotatable bonds is 13. The number of methoxy groups -OCH3 is 1. The van der Waals surface area contributed by atoms with Crippen molar-refractivity contribution in [3.8, 4) is 0 Å². The quantitative estimate of drug-likeness (QED) is 0.103. The maximum atomic E-state index is 12.9. The van der Waals surface area contributed by atoms with Crippen LogP contribution in [0.4, 0.5) is 0 Å². The van der Waals surface area contributed by atoms with Gasteiger partial charge in [-0.25, -0.2) is 0 Å². The number of likely N-dealkylation sites (N-methyl/N-ethyl adjacent to an activating group) is 1. The second kappa shape index (κ2) is 18.3. The Morgan fingerprint density at radius 3 is 2.48 bits per heavy atom. The highest BCUT2D eigenvalue weighted by molar-refractivity contribution is 6.30. The van der Waals surface area contributed by atoms with E-state index in [1.54, 1.807) is 51.3 Å². The summed E-state index contributed by atoms with van der Waals surface area (Å²) in [4.78, 5) is 26.8. The molecule has 0 amide bonds. The standard InChI is InChI=1S/C39H58ClNO9/c1-10-31(47-9)26(4)35-36(50-35)37(41(8)23-28-14-16-29(40)17-15-28)39(7,46)20-11-12-24(2)34-25(3)13-18-32(48-27(5)42)38(6,45)21-19-30(43)22-33(44)49-34/h11-18,20,25-26,30-32,34-37,43,45-46H,10,19,21-23H2,1-9H3/t25-,26+,30+,31-,32-,34?,35+,36-,37?,38+,39?/m0/s1. The third-order valence-corrected chi connectivity index (χ3v) is 10.2. The number of aliphatic hydroxyl groups is 3. The third kappa shape index (κ3) is 11.7. The lowest BCUT2D eigenvalue weighted by molar-refractivity contribution is -0.157. The molecule has 10 nitrogen and oxygen atoms in total. The first-order valence-electron chi connectivity index (χ1n) is 17.6. The zero-order valence-corrected chi connectivity index (χ0v) is 31.8. The summed E-state index contributed by atoms with van der Waals surface area (Å²) in [5.41, 5.74) is -1.06. The van der Waals surface area contributed by atoms with Crippen LogP contribution in [0.5, 0.6) is 0 Å². The predicted octanol–water partition coefficient (Wildman–Crippen LogP) is 5.55. The predicted molar refractivity (Wildman–Crippen MR) is 193 cm³/mol. The van der Waals surface area contributed by atoms with Crippen LogP contribution in [0.25, 0.3) is 0 Å². The monoisotopic (exact) mass is 719 g/mol. The van der Waals surface area contributed by atoms with Crippen molar-refractivity contribution >= 4 is 23.5 Å². The number of epoxide rings is 1.